The van der Waals surface area contributed by atoms with Gasteiger partial charge in [-0.05, 0) is 40.0 Å². The zero-order valence-corrected chi connectivity index (χ0v) is 23.5. The second-order valence-corrected chi connectivity index (χ2v) is 20.2. The topological polar surface area (TPSA) is 48.0 Å². The smallest absolute Gasteiger partial charge is 0.335 e. The van der Waals surface area contributed by atoms with Crippen molar-refractivity contribution in [2.24, 2.45) is 0 Å². The van der Waals surface area contributed by atoms with Crippen LogP contribution in [0.25, 0.3) is 0 Å². The van der Waals surface area contributed by atoms with Crippen LogP contribution >= 0.6 is 11.3 Å². The highest BCUT2D eigenvalue weighted by Gasteiger charge is 2.61. The van der Waals surface area contributed by atoms with E-state index in [-0.39, 0.29) is 24.1 Å². The van der Waals surface area contributed by atoms with E-state index in [1.165, 1.54) is 4.88 Å². The molecule has 2 fully saturated rings. The van der Waals surface area contributed by atoms with Crippen molar-refractivity contribution < 1.29 is 17.8 Å². The maximum absolute atomic E-state index is 12.9. The summed E-state index contributed by atoms with van der Waals surface area (Å²) in [5, 5.41) is 2.09. The van der Waals surface area contributed by atoms with Crippen LogP contribution in [0.2, 0.25) is 22.2 Å². The molecule has 3 heterocycles. The Morgan fingerprint density at radius 2 is 1.61 bits per heavy atom. The summed E-state index contributed by atoms with van der Waals surface area (Å²) in [6.45, 7) is 20.1. The first kappa shape index (κ1) is 25.1. The third-order valence-electron chi connectivity index (χ3n) is 7.17. The number of thiophene rings is 1. The molecule has 1 aromatic rings. The monoisotopic (exact) mass is 483 g/mol. The van der Waals surface area contributed by atoms with Crippen molar-refractivity contribution in [3.63, 3.8) is 0 Å². The Balaban J connectivity index is 2.11. The molecule has 0 bridgehead atoms. The highest BCUT2D eigenvalue weighted by molar-refractivity contribution is 7.10. The molecule has 0 N–H and O–H groups in total. The third-order valence-corrected chi connectivity index (χ3v) is 18.4. The summed E-state index contributed by atoms with van der Waals surface area (Å²) in [6.07, 6.45) is 0.752. The number of hydrogen-bond donors (Lipinski definition) is 0. The molecular weight excluding hydrogens is 442 g/mol. The van der Waals surface area contributed by atoms with Gasteiger partial charge in [-0.2, -0.15) is 0 Å². The first-order chi connectivity index (χ1) is 14.5. The fourth-order valence-electron chi connectivity index (χ4n) is 5.57. The molecule has 0 spiro atoms. The van der Waals surface area contributed by atoms with Gasteiger partial charge in [-0.25, -0.2) is 0 Å². The first-order valence-corrected chi connectivity index (χ1v) is 16.6. The summed E-state index contributed by atoms with van der Waals surface area (Å²) in [5.74, 6) is 0.0994. The van der Waals surface area contributed by atoms with Gasteiger partial charge in [0.25, 0.3) is 0 Å². The molecule has 0 aromatic carbocycles. The number of likely N-dealkylation sites (tertiary alicyclic amines) is 1. The van der Waals surface area contributed by atoms with Crippen molar-refractivity contribution in [3.8, 4) is 0 Å². The molecule has 0 aliphatic carbocycles. The van der Waals surface area contributed by atoms with E-state index in [2.05, 4.69) is 72.9 Å². The molecule has 2 aliphatic rings. The fraction of sp³-hybridized carbons (Fsp3) is 0.783. The largest absolute Gasteiger partial charge is 0.414 e. The summed E-state index contributed by atoms with van der Waals surface area (Å²) in [4.78, 5) is 16.1. The van der Waals surface area contributed by atoms with Crippen LogP contribution in [-0.4, -0.2) is 46.7 Å². The second-order valence-electron chi connectivity index (χ2n) is 10.4. The lowest BCUT2D eigenvalue weighted by atomic mass is 10.1. The van der Waals surface area contributed by atoms with Crippen molar-refractivity contribution in [1.29, 1.82) is 0 Å². The minimum Gasteiger partial charge on any atom is -0.414 e. The van der Waals surface area contributed by atoms with Crippen LogP contribution in [0.15, 0.2) is 17.5 Å². The summed E-state index contributed by atoms with van der Waals surface area (Å²) in [5.41, 5.74) is 1.20. The second kappa shape index (κ2) is 9.39. The van der Waals surface area contributed by atoms with Crippen LogP contribution in [0, 0.1) is 0 Å². The SMILES string of the molecule is CC(=O)N1C(c2cccs2)C[C@@H]2O[Si](C(C)C)(C(C)C)O[Si](C(C)C)(C(C)C)OC[C@@H]21. The molecule has 5 nitrogen and oxygen atoms in total. The number of rotatable bonds is 5. The Labute approximate surface area is 195 Å². The van der Waals surface area contributed by atoms with Gasteiger partial charge < -0.3 is 17.9 Å². The Hall–Kier alpha value is -0.516. The minimum atomic E-state index is -2.64. The lowest BCUT2D eigenvalue weighted by Gasteiger charge is -2.51. The van der Waals surface area contributed by atoms with Gasteiger partial charge in [0, 0.05) is 11.8 Å². The molecular formula is C23H41NO4SSi2. The number of amides is 1. The van der Waals surface area contributed by atoms with Crippen LogP contribution in [0.4, 0.5) is 0 Å². The highest BCUT2D eigenvalue weighted by Crippen LogP contribution is 2.49. The van der Waals surface area contributed by atoms with Gasteiger partial charge in [0.2, 0.25) is 5.91 Å². The zero-order chi connectivity index (χ0) is 23.1. The highest BCUT2D eigenvalue weighted by atomic mass is 32.1. The molecule has 2 aliphatic heterocycles. The summed E-state index contributed by atoms with van der Waals surface area (Å²) in [6, 6.07) is 4.19. The Morgan fingerprint density at radius 1 is 1.03 bits per heavy atom. The van der Waals surface area contributed by atoms with E-state index in [0.717, 1.165) is 6.42 Å². The van der Waals surface area contributed by atoms with Gasteiger partial charge in [0.05, 0.1) is 24.8 Å². The van der Waals surface area contributed by atoms with E-state index < -0.39 is 17.1 Å². The van der Waals surface area contributed by atoms with E-state index in [1.807, 2.05) is 4.90 Å². The van der Waals surface area contributed by atoms with Gasteiger partial charge in [0.1, 0.15) is 0 Å². The van der Waals surface area contributed by atoms with Crippen molar-refractivity contribution >= 4 is 34.4 Å². The van der Waals surface area contributed by atoms with Crippen LogP contribution in [0.3, 0.4) is 0 Å². The van der Waals surface area contributed by atoms with Gasteiger partial charge >= 0.3 is 17.1 Å². The van der Waals surface area contributed by atoms with Crippen molar-refractivity contribution in [1.82, 2.24) is 4.90 Å². The number of hydrogen-bond acceptors (Lipinski definition) is 5. The Morgan fingerprint density at radius 3 is 2.06 bits per heavy atom. The number of nitrogens with zero attached hydrogens (tertiary/aromatic N) is 1. The molecule has 176 valence electrons. The van der Waals surface area contributed by atoms with Crippen LogP contribution in [0.5, 0.6) is 0 Å². The summed E-state index contributed by atoms with van der Waals surface area (Å²) < 4.78 is 21.3. The number of carbonyl (C=O) groups is 1. The maximum atomic E-state index is 12.9. The predicted molar refractivity (Wildman–Crippen MR) is 132 cm³/mol. The zero-order valence-electron chi connectivity index (χ0n) is 20.7. The van der Waals surface area contributed by atoms with Crippen molar-refractivity contribution in [3.05, 3.63) is 22.4 Å². The van der Waals surface area contributed by atoms with E-state index in [9.17, 15) is 4.79 Å². The maximum Gasteiger partial charge on any atom is 0.335 e. The van der Waals surface area contributed by atoms with E-state index in [0.29, 0.717) is 28.8 Å². The Kier molecular flexibility index (Phi) is 7.60. The number of fused-ring (bicyclic) bond motifs is 1. The molecule has 3 atom stereocenters. The summed E-state index contributed by atoms with van der Waals surface area (Å²) >= 11 is 1.72. The lowest BCUT2D eigenvalue weighted by molar-refractivity contribution is -0.133. The normalized spacial score (nSPS) is 28.3. The molecule has 1 unspecified atom stereocenters. The quantitative estimate of drug-likeness (QED) is 0.457. The van der Waals surface area contributed by atoms with Crippen LogP contribution < -0.4 is 0 Å². The average molecular weight is 484 g/mol. The molecule has 0 saturated carbocycles. The van der Waals surface area contributed by atoms with Crippen molar-refractivity contribution in [2.45, 2.75) is 109 Å². The Bertz CT molecular complexity index is 737. The molecule has 1 aromatic heterocycles. The molecule has 1 amide bonds. The first-order valence-electron chi connectivity index (χ1n) is 11.8. The third kappa shape index (κ3) is 4.36. The predicted octanol–water partition coefficient (Wildman–Crippen LogP) is 6.37. The number of carbonyl (C=O) groups excluding carboxylic acids is 1. The average Bonchev–Trinajstić information content (AvgIpc) is 3.28. The molecule has 0 radical (unpaired) electrons. The van der Waals surface area contributed by atoms with Gasteiger partial charge in [-0.3, -0.25) is 4.79 Å². The van der Waals surface area contributed by atoms with Gasteiger partial charge in [0.15, 0.2) is 0 Å². The molecule has 3 rings (SSSR count). The van der Waals surface area contributed by atoms with E-state index in [1.54, 1.807) is 18.3 Å². The van der Waals surface area contributed by atoms with Gasteiger partial charge in [-0.1, -0.05) is 61.5 Å². The summed E-state index contributed by atoms with van der Waals surface area (Å²) in [7, 11) is -5.24. The van der Waals surface area contributed by atoms with Crippen LogP contribution in [0.1, 0.15) is 79.7 Å². The van der Waals surface area contributed by atoms with E-state index >= 15 is 0 Å². The van der Waals surface area contributed by atoms with Gasteiger partial charge in [-0.15, -0.1) is 11.3 Å². The fourth-order valence-corrected chi connectivity index (χ4v) is 17.6. The van der Waals surface area contributed by atoms with E-state index in [4.69, 9.17) is 13.0 Å². The molecule has 8 heteroatoms. The van der Waals surface area contributed by atoms with Crippen LogP contribution in [-0.2, 0) is 17.8 Å². The molecule has 31 heavy (non-hydrogen) atoms. The lowest BCUT2D eigenvalue weighted by Crippen LogP contribution is -2.65. The standard InChI is InChI=1S/C23H41NO4SSi2/c1-15(2)30(16(3)4)26-14-21-22(27-31(28-30,17(5)6)18(7)8)13-20(24(21)19(9)25)23-11-10-12-29-23/h10-12,15-18,20-22H,13-14H2,1-9H3/t20?,21-,22-/m0/s1. The minimum absolute atomic E-state index is 0.0504. The molecule has 2 saturated heterocycles. The van der Waals surface area contributed by atoms with Crippen molar-refractivity contribution in [2.75, 3.05) is 6.61 Å².